The standard InChI is InChI=1S/C16H26O2S/c1-6-8-15-11-14(12(3)4)9-10-16(15)19(17,18)13(5)7-2/h9-13H,6-8H2,1-5H3. The molecular weight excluding hydrogens is 256 g/mol. The third-order valence-electron chi connectivity index (χ3n) is 3.68. The van der Waals surface area contributed by atoms with Crippen LogP contribution in [0.5, 0.6) is 0 Å². The van der Waals surface area contributed by atoms with Crippen LogP contribution in [0.2, 0.25) is 0 Å². The molecule has 0 fully saturated rings. The largest absolute Gasteiger partial charge is 0.223 e. The van der Waals surface area contributed by atoms with Crippen molar-refractivity contribution in [3.8, 4) is 0 Å². The fourth-order valence-corrected chi connectivity index (χ4v) is 3.79. The minimum Gasteiger partial charge on any atom is -0.223 e. The van der Waals surface area contributed by atoms with Gasteiger partial charge in [-0.15, -0.1) is 0 Å². The topological polar surface area (TPSA) is 34.1 Å². The highest BCUT2D eigenvalue weighted by Crippen LogP contribution is 2.27. The van der Waals surface area contributed by atoms with Crippen LogP contribution in [0.1, 0.15) is 64.5 Å². The van der Waals surface area contributed by atoms with Gasteiger partial charge in [-0.1, -0.05) is 46.2 Å². The molecule has 108 valence electrons. The van der Waals surface area contributed by atoms with Crippen molar-refractivity contribution >= 4 is 9.84 Å². The first-order chi connectivity index (χ1) is 8.84. The van der Waals surface area contributed by atoms with Crippen LogP contribution in [0.15, 0.2) is 23.1 Å². The van der Waals surface area contributed by atoms with Crippen molar-refractivity contribution in [2.75, 3.05) is 0 Å². The van der Waals surface area contributed by atoms with E-state index in [0.717, 1.165) is 18.4 Å². The molecule has 0 bridgehead atoms. The molecule has 0 aliphatic carbocycles. The van der Waals surface area contributed by atoms with E-state index in [2.05, 4.69) is 26.8 Å². The highest BCUT2D eigenvalue weighted by molar-refractivity contribution is 7.92. The number of aryl methyl sites for hydroxylation is 1. The second kappa shape index (κ2) is 6.56. The Bertz CT molecular complexity index is 516. The summed E-state index contributed by atoms with van der Waals surface area (Å²) >= 11 is 0. The lowest BCUT2D eigenvalue weighted by atomic mass is 9.99. The van der Waals surface area contributed by atoms with Crippen LogP contribution in [0, 0.1) is 0 Å². The molecule has 0 spiro atoms. The van der Waals surface area contributed by atoms with Gasteiger partial charge in [0.1, 0.15) is 0 Å². The number of sulfone groups is 1. The van der Waals surface area contributed by atoms with Crippen molar-refractivity contribution in [3.63, 3.8) is 0 Å². The van der Waals surface area contributed by atoms with Gasteiger partial charge in [-0.25, -0.2) is 8.42 Å². The van der Waals surface area contributed by atoms with E-state index >= 15 is 0 Å². The van der Waals surface area contributed by atoms with Crippen LogP contribution in [-0.4, -0.2) is 13.7 Å². The molecule has 0 saturated heterocycles. The molecule has 1 atom stereocenters. The van der Waals surface area contributed by atoms with Crippen molar-refractivity contribution < 1.29 is 8.42 Å². The maximum atomic E-state index is 12.5. The zero-order chi connectivity index (χ0) is 14.6. The van der Waals surface area contributed by atoms with Crippen LogP contribution >= 0.6 is 0 Å². The molecule has 1 aromatic rings. The molecule has 1 rings (SSSR count). The zero-order valence-electron chi connectivity index (χ0n) is 12.7. The lowest BCUT2D eigenvalue weighted by Crippen LogP contribution is -2.18. The first-order valence-corrected chi connectivity index (χ1v) is 8.75. The van der Waals surface area contributed by atoms with E-state index in [9.17, 15) is 8.42 Å². The molecule has 0 aliphatic rings. The highest BCUT2D eigenvalue weighted by atomic mass is 32.2. The number of benzene rings is 1. The van der Waals surface area contributed by atoms with E-state index in [1.807, 2.05) is 19.1 Å². The Labute approximate surface area is 118 Å². The van der Waals surface area contributed by atoms with Gasteiger partial charge >= 0.3 is 0 Å². The first-order valence-electron chi connectivity index (χ1n) is 7.21. The molecule has 0 N–H and O–H groups in total. The smallest absolute Gasteiger partial charge is 0.181 e. The van der Waals surface area contributed by atoms with E-state index in [0.29, 0.717) is 17.2 Å². The molecule has 0 heterocycles. The second-order valence-electron chi connectivity index (χ2n) is 5.54. The Morgan fingerprint density at radius 1 is 1.11 bits per heavy atom. The van der Waals surface area contributed by atoms with Crippen molar-refractivity contribution in [1.29, 1.82) is 0 Å². The minimum absolute atomic E-state index is 0.312. The van der Waals surface area contributed by atoms with Crippen molar-refractivity contribution in [3.05, 3.63) is 29.3 Å². The molecule has 0 aliphatic heterocycles. The maximum absolute atomic E-state index is 12.5. The van der Waals surface area contributed by atoms with Crippen molar-refractivity contribution in [2.24, 2.45) is 0 Å². The van der Waals surface area contributed by atoms with Gasteiger partial charge in [-0.3, -0.25) is 0 Å². The third-order valence-corrected chi connectivity index (χ3v) is 6.09. The number of hydrogen-bond donors (Lipinski definition) is 0. The predicted molar refractivity (Wildman–Crippen MR) is 81.5 cm³/mol. The van der Waals surface area contributed by atoms with Gasteiger partial charge in [0.15, 0.2) is 9.84 Å². The Kier molecular flexibility index (Phi) is 5.60. The summed E-state index contributed by atoms with van der Waals surface area (Å²) in [6.07, 6.45) is 2.44. The lowest BCUT2D eigenvalue weighted by Gasteiger charge is -2.16. The summed E-state index contributed by atoms with van der Waals surface area (Å²) in [6.45, 7) is 10.1. The van der Waals surface area contributed by atoms with Crippen molar-refractivity contribution in [1.82, 2.24) is 0 Å². The third kappa shape index (κ3) is 3.59. The van der Waals surface area contributed by atoms with Gasteiger partial charge in [0.25, 0.3) is 0 Å². The Morgan fingerprint density at radius 3 is 2.21 bits per heavy atom. The van der Waals surface area contributed by atoms with Gasteiger partial charge in [-0.05, 0) is 42.9 Å². The van der Waals surface area contributed by atoms with Gasteiger partial charge in [0, 0.05) is 0 Å². The SMILES string of the molecule is CCCc1cc(C(C)C)ccc1S(=O)(=O)C(C)CC. The van der Waals surface area contributed by atoms with Gasteiger partial charge in [-0.2, -0.15) is 0 Å². The van der Waals surface area contributed by atoms with E-state index < -0.39 is 9.84 Å². The Balaban J connectivity index is 3.35. The van der Waals surface area contributed by atoms with Crippen molar-refractivity contribution in [2.45, 2.75) is 69.9 Å². The quantitative estimate of drug-likeness (QED) is 0.778. The molecule has 0 aromatic heterocycles. The Hall–Kier alpha value is -0.830. The molecule has 2 nitrogen and oxygen atoms in total. The van der Waals surface area contributed by atoms with Crippen LogP contribution in [-0.2, 0) is 16.3 Å². The lowest BCUT2D eigenvalue weighted by molar-refractivity contribution is 0.579. The minimum atomic E-state index is -3.18. The highest BCUT2D eigenvalue weighted by Gasteiger charge is 2.24. The van der Waals surface area contributed by atoms with E-state index in [-0.39, 0.29) is 5.25 Å². The van der Waals surface area contributed by atoms with Crippen LogP contribution < -0.4 is 0 Å². The molecular formula is C16H26O2S. The van der Waals surface area contributed by atoms with Crippen LogP contribution in [0.3, 0.4) is 0 Å². The van der Waals surface area contributed by atoms with Gasteiger partial charge < -0.3 is 0 Å². The maximum Gasteiger partial charge on any atom is 0.181 e. The molecule has 1 unspecified atom stereocenters. The molecule has 0 saturated carbocycles. The van der Waals surface area contributed by atoms with Crippen LogP contribution in [0.25, 0.3) is 0 Å². The number of rotatable bonds is 6. The summed E-state index contributed by atoms with van der Waals surface area (Å²) in [5.74, 6) is 0.427. The molecule has 19 heavy (non-hydrogen) atoms. The summed E-state index contributed by atoms with van der Waals surface area (Å²) < 4.78 is 25.1. The van der Waals surface area contributed by atoms with E-state index in [1.54, 1.807) is 6.92 Å². The number of hydrogen-bond acceptors (Lipinski definition) is 2. The van der Waals surface area contributed by atoms with E-state index in [4.69, 9.17) is 0 Å². The summed E-state index contributed by atoms with van der Waals surface area (Å²) in [7, 11) is -3.18. The predicted octanol–water partition coefficient (Wildman–Crippen LogP) is 4.33. The average Bonchev–Trinajstić information content (AvgIpc) is 2.37. The monoisotopic (exact) mass is 282 g/mol. The van der Waals surface area contributed by atoms with Gasteiger partial charge in [0.05, 0.1) is 10.1 Å². The van der Waals surface area contributed by atoms with Crippen LogP contribution in [0.4, 0.5) is 0 Å². The molecule has 1 aromatic carbocycles. The molecule has 0 radical (unpaired) electrons. The molecule has 3 heteroatoms. The second-order valence-corrected chi connectivity index (χ2v) is 7.87. The molecule has 0 amide bonds. The summed E-state index contributed by atoms with van der Waals surface area (Å²) in [4.78, 5) is 0.535. The fourth-order valence-electron chi connectivity index (χ4n) is 2.14. The van der Waals surface area contributed by atoms with Gasteiger partial charge in [0.2, 0.25) is 0 Å². The summed E-state index contributed by atoms with van der Waals surface area (Å²) in [6, 6.07) is 5.84. The average molecular weight is 282 g/mol. The zero-order valence-corrected chi connectivity index (χ0v) is 13.5. The first kappa shape index (κ1) is 16.2. The summed E-state index contributed by atoms with van der Waals surface area (Å²) in [5.41, 5.74) is 2.19. The van der Waals surface area contributed by atoms with E-state index in [1.165, 1.54) is 5.56 Å². The summed E-state index contributed by atoms with van der Waals surface area (Å²) in [5, 5.41) is -0.312. The fraction of sp³-hybridized carbons (Fsp3) is 0.625. The normalized spacial score (nSPS) is 13.8. The Morgan fingerprint density at radius 2 is 1.74 bits per heavy atom.